The van der Waals surface area contributed by atoms with Crippen molar-refractivity contribution in [3.05, 3.63) is 60.7 Å². The second-order valence-electron chi connectivity index (χ2n) is 43.7. The zero-order valence-electron chi connectivity index (χ0n) is 76.0. The molecular formula is C104H178B2Fe2O4P6. The van der Waals surface area contributed by atoms with Gasteiger partial charge in [0.25, 0.3) is 0 Å². The molecule has 12 saturated carbocycles. The molecule has 0 aliphatic heterocycles. The van der Waals surface area contributed by atoms with Crippen LogP contribution in [0.1, 0.15) is 385 Å². The van der Waals surface area contributed by atoms with Gasteiger partial charge >= 0.3 is 34.1 Å². The Balaban J connectivity index is 0.000000229. The molecule has 12 fully saturated rings. The Morgan fingerprint density at radius 1 is 0.203 bits per heavy atom. The van der Waals surface area contributed by atoms with Crippen LogP contribution >= 0.6 is 47.5 Å². The predicted molar refractivity (Wildman–Crippen MR) is 522 cm³/mol. The van der Waals surface area contributed by atoms with Gasteiger partial charge in [-0.2, -0.15) is 36.4 Å². The maximum absolute atomic E-state index is 8.93. The summed E-state index contributed by atoms with van der Waals surface area (Å²) < 4.78 is 0. The zero-order valence-corrected chi connectivity index (χ0v) is 83.6. The van der Waals surface area contributed by atoms with Gasteiger partial charge in [-0.15, -0.1) is 47.5 Å². The SMILES string of the molecule is O=C([O-])C(=O)[O-].[Fe+2].[Fe+2].c1ccc([B-](CP(CC2CCCCC2)CC2CCCCC2)(CP(CC2CCCCC2)CC2CCCCC2)CP(CC2CCCCC2)CC2CCCCC2)cc1.c1ccc([B-](CP(CC2CCCCC2)CC2CCCCC2)(CP(CC2CCCCC2)CC2CCCCC2)CP(CC2CCCCC2)CC2CCCCC2)cc1. The van der Waals surface area contributed by atoms with E-state index >= 15 is 0 Å². The molecule has 118 heavy (non-hydrogen) atoms. The second kappa shape index (κ2) is 58.0. The van der Waals surface area contributed by atoms with E-state index in [2.05, 4.69) is 60.7 Å². The minimum atomic E-state index is -2.19. The quantitative estimate of drug-likeness (QED) is 0.0381. The van der Waals surface area contributed by atoms with Crippen molar-refractivity contribution >= 4 is 82.7 Å². The number of carboxylic acids is 2. The van der Waals surface area contributed by atoms with Crippen LogP contribution in [0.5, 0.6) is 0 Å². The average molecular weight is 1810 g/mol. The minimum absolute atomic E-state index is 0. The molecule has 0 saturated heterocycles. The van der Waals surface area contributed by atoms with Gasteiger partial charge in [0.2, 0.25) is 0 Å². The fourth-order valence-corrected chi connectivity index (χ4v) is 53.6. The van der Waals surface area contributed by atoms with Crippen LogP contribution in [0.4, 0.5) is 0 Å². The van der Waals surface area contributed by atoms with Crippen LogP contribution in [0.25, 0.3) is 0 Å². The first-order valence-corrected chi connectivity index (χ1v) is 63.7. The normalized spacial score (nSPS) is 23.1. The topological polar surface area (TPSA) is 80.3 Å². The van der Waals surface area contributed by atoms with Crippen molar-refractivity contribution in [1.82, 2.24) is 0 Å². The van der Waals surface area contributed by atoms with Crippen LogP contribution in [0.2, 0.25) is 0 Å². The van der Waals surface area contributed by atoms with Gasteiger partial charge in [0.05, 0.1) is 11.9 Å². The predicted octanol–water partition coefficient (Wildman–Crippen LogP) is 28.3. The first-order chi connectivity index (χ1) is 57.0. The third-order valence-corrected chi connectivity index (χ3v) is 53.4. The van der Waals surface area contributed by atoms with Crippen LogP contribution < -0.4 is 21.1 Å². The molecule has 12 aliphatic carbocycles. The number of carboxylic acid groups (broad SMARTS) is 2. The van der Waals surface area contributed by atoms with E-state index < -0.39 is 24.2 Å². The van der Waals surface area contributed by atoms with E-state index in [0.717, 1.165) is 71.0 Å². The van der Waals surface area contributed by atoms with Crippen molar-refractivity contribution in [3.8, 4) is 0 Å². The van der Waals surface area contributed by atoms with E-state index in [-0.39, 0.29) is 81.7 Å². The van der Waals surface area contributed by atoms with E-state index in [1.165, 1.54) is 231 Å². The Bertz CT molecular complexity index is 2350. The molecule has 670 valence electrons. The molecule has 0 aromatic heterocycles. The summed E-state index contributed by atoms with van der Waals surface area (Å²) in [5.41, 5.74) is 3.84. The summed E-state index contributed by atoms with van der Waals surface area (Å²) >= 11 is 0. The Labute approximate surface area is 757 Å². The van der Waals surface area contributed by atoms with E-state index in [1.807, 2.05) is 10.9 Å². The first-order valence-electron chi connectivity index (χ1n) is 52.3. The molecule has 0 unspecified atom stereocenters. The standard InChI is InChI=1S/2C51H89BP3.C2H2O4.2Fe/c2*1-8-22-45(23-9-1)36-53(37-46-24-10-2-11-25-46)42-52(51-34-20-7-21-35-51,43-54(38-47-26-12-3-13-27-47)39-48-28-14-4-15-29-48)44-55(40-49-30-16-5-17-31-49)41-50-32-18-6-19-33-50;3-1(4)2(5)6;;/h2*7,20-21,34-35,45-50H,1-6,8-19,22-33,36-44H2;(H,3,4)(H,5,6);;/q2*-1;;2*+2/p-2. The molecule has 12 aliphatic rings. The number of carbonyl (C=O) groups is 2. The molecule has 0 radical (unpaired) electrons. The Kier molecular flexibility index (Phi) is 49.8. The smallest absolute Gasteiger partial charge is 0.543 e. The third kappa shape index (κ3) is 36.8. The monoisotopic (exact) mass is 1810 g/mol. The summed E-state index contributed by atoms with van der Waals surface area (Å²) in [5.74, 6) is 8.35. The largest absolute Gasteiger partial charge is 2.00 e. The molecule has 14 heteroatoms. The van der Waals surface area contributed by atoms with Gasteiger partial charge in [-0.3, -0.25) is 0 Å². The summed E-state index contributed by atoms with van der Waals surface area (Å²) in [6, 6.07) is 36.0. The van der Waals surface area contributed by atoms with Crippen LogP contribution in [0.15, 0.2) is 60.7 Å². The number of benzene rings is 2. The van der Waals surface area contributed by atoms with E-state index in [1.54, 1.807) is 264 Å². The fourth-order valence-electron chi connectivity index (χ4n) is 27.8. The van der Waals surface area contributed by atoms with E-state index in [4.69, 9.17) is 19.8 Å². The average Bonchev–Trinajstić information content (AvgIpc) is 0.786. The van der Waals surface area contributed by atoms with Crippen molar-refractivity contribution in [2.75, 3.05) is 110 Å². The Hall–Kier alpha value is 1.13. The molecule has 14 rings (SSSR count). The van der Waals surface area contributed by atoms with E-state index in [9.17, 15) is 0 Å². The first kappa shape index (κ1) is 101. The molecule has 4 nitrogen and oxygen atoms in total. The van der Waals surface area contributed by atoms with Gasteiger partial charge in [0.15, 0.2) is 0 Å². The molecule has 0 atom stereocenters. The Morgan fingerprint density at radius 2 is 0.314 bits per heavy atom. The second-order valence-corrected chi connectivity index (χ2v) is 58.3. The maximum atomic E-state index is 8.93. The van der Waals surface area contributed by atoms with Gasteiger partial charge in [0, 0.05) is 12.3 Å². The van der Waals surface area contributed by atoms with Gasteiger partial charge in [-0.05, 0) is 145 Å². The van der Waals surface area contributed by atoms with Crippen LogP contribution in [-0.2, 0) is 43.7 Å². The van der Waals surface area contributed by atoms with Gasteiger partial charge in [0.1, 0.15) is 0 Å². The molecule has 0 amide bonds. The fraction of sp³-hybridized carbons (Fsp3) is 0.865. The molecule has 0 heterocycles. The molecular weight excluding hydrogens is 1630 g/mol. The van der Waals surface area contributed by atoms with Crippen molar-refractivity contribution in [2.24, 2.45) is 71.0 Å². The third-order valence-electron chi connectivity index (χ3n) is 33.7. The van der Waals surface area contributed by atoms with Crippen molar-refractivity contribution in [3.63, 3.8) is 0 Å². The molecule has 0 bridgehead atoms. The van der Waals surface area contributed by atoms with Crippen LogP contribution in [0.3, 0.4) is 0 Å². The van der Waals surface area contributed by atoms with E-state index in [0.29, 0.717) is 0 Å². The Morgan fingerprint density at radius 3 is 0.415 bits per heavy atom. The number of hydrogen-bond acceptors (Lipinski definition) is 4. The number of rotatable bonds is 38. The van der Waals surface area contributed by atoms with Gasteiger partial charge in [-0.25, -0.2) is 10.9 Å². The maximum Gasteiger partial charge on any atom is 2.00 e. The number of hydrogen-bond donors (Lipinski definition) is 0. The molecule has 0 spiro atoms. The molecule has 0 N–H and O–H groups in total. The van der Waals surface area contributed by atoms with Crippen LogP contribution in [0, 0.1) is 71.0 Å². The van der Waals surface area contributed by atoms with Gasteiger partial charge < -0.3 is 19.8 Å². The number of aliphatic carboxylic acids is 2. The number of carbonyl (C=O) groups excluding carboxylic acids is 2. The zero-order chi connectivity index (χ0) is 79.9. The minimum Gasteiger partial charge on any atom is -0.543 e. The summed E-state index contributed by atoms with van der Waals surface area (Å²) in [6.45, 7) is 0. The van der Waals surface area contributed by atoms with Crippen molar-refractivity contribution in [2.45, 2.75) is 385 Å². The van der Waals surface area contributed by atoms with Crippen molar-refractivity contribution in [1.29, 1.82) is 0 Å². The van der Waals surface area contributed by atoms with Crippen LogP contribution in [-0.4, -0.2) is 135 Å². The molecule has 2 aromatic carbocycles. The molecule has 2 aromatic rings. The van der Waals surface area contributed by atoms with Gasteiger partial charge in [-0.1, -0.05) is 446 Å². The van der Waals surface area contributed by atoms with Crippen molar-refractivity contribution < 1.29 is 53.9 Å². The summed E-state index contributed by atoms with van der Waals surface area (Å²) in [6.07, 6.45) is 112. The summed E-state index contributed by atoms with van der Waals surface area (Å²) in [5, 5.41) is 17.9. The summed E-state index contributed by atoms with van der Waals surface area (Å²) in [4.78, 5) is 17.9. The summed E-state index contributed by atoms with van der Waals surface area (Å²) in [7, 11) is 0.549.